The average molecular weight is 198 g/mol. The van der Waals surface area contributed by atoms with Crippen molar-refractivity contribution in [3.05, 3.63) is 11.6 Å². The van der Waals surface area contributed by atoms with Crippen LogP contribution in [-0.4, -0.2) is 11.1 Å². The Balaban J connectivity index is 4.39. The first-order chi connectivity index (χ1) is 6.49. The molecule has 0 aromatic heterocycles. The van der Waals surface area contributed by atoms with Crippen molar-refractivity contribution in [2.24, 2.45) is 11.8 Å². The number of allylic oxidation sites excluding steroid dienone is 1. The average Bonchev–Trinajstić information content (AvgIpc) is 2.10. The van der Waals surface area contributed by atoms with Crippen molar-refractivity contribution in [3.63, 3.8) is 0 Å². The van der Waals surface area contributed by atoms with Gasteiger partial charge in [-0.25, -0.2) is 0 Å². The third-order valence-corrected chi connectivity index (χ3v) is 2.41. The number of carbonyl (C=O) groups is 1. The van der Waals surface area contributed by atoms with Crippen molar-refractivity contribution < 1.29 is 9.90 Å². The Morgan fingerprint density at radius 3 is 2.29 bits per heavy atom. The van der Waals surface area contributed by atoms with Gasteiger partial charge in [-0.1, -0.05) is 38.8 Å². The lowest BCUT2D eigenvalue weighted by Crippen LogP contribution is -2.08. The first-order valence-corrected chi connectivity index (χ1v) is 5.42. The second-order valence-electron chi connectivity index (χ2n) is 4.13. The van der Waals surface area contributed by atoms with Crippen molar-refractivity contribution in [2.45, 2.75) is 47.0 Å². The van der Waals surface area contributed by atoms with Gasteiger partial charge in [-0.2, -0.15) is 0 Å². The summed E-state index contributed by atoms with van der Waals surface area (Å²) in [6.45, 7) is 8.13. The minimum Gasteiger partial charge on any atom is -0.481 e. The lowest BCUT2D eigenvalue weighted by atomic mass is 9.94. The molecule has 1 N–H and O–H groups in total. The maximum Gasteiger partial charge on any atom is 0.310 e. The summed E-state index contributed by atoms with van der Waals surface area (Å²) in [6, 6.07) is 0. The summed E-state index contributed by atoms with van der Waals surface area (Å²) < 4.78 is 0. The van der Waals surface area contributed by atoms with E-state index in [1.165, 1.54) is 5.57 Å². The summed E-state index contributed by atoms with van der Waals surface area (Å²) in [5.74, 6) is -0.632. The molecule has 0 bridgehead atoms. The molecule has 0 spiro atoms. The van der Waals surface area contributed by atoms with E-state index in [1.54, 1.807) is 6.92 Å². The molecule has 0 heterocycles. The van der Waals surface area contributed by atoms with Gasteiger partial charge in [-0.05, 0) is 25.7 Å². The van der Waals surface area contributed by atoms with Crippen LogP contribution in [0.4, 0.5) is 0 Å². The normalized spacial score (nSPS) is 14.5. The van der Waals surface area contributed by atoms with Crippen LogP contribution < -0.4 is 0 Å². The molecule has 2 nitrogen and oxygen atoms in total. The summed E-state index contributed by atoms with van der Waals surface area (Å²) in [5.41, 5.74) is 1.28. The number of hydrogen-bond donors (Lipinski definition) is 1. The highest BCUT2D eigenvalue weighted by molar-refractivity contribution is 5.71. The maximum absolute atomic E-state index is 10.7. The molecule has 82 valence electrons. The van der Waals surface area contributed by atoms with Crippen LogP contribution in [0.3, 0.4) is 0 Å². The van der Waals surface area contributed by atoms with Crippen LogP contribution in [0.15, 0.2) is 11.6 Å². The predicted octanol–water partition coefficient (Wildman–Crippen LogP) is 3.48. The molecule has 0 aromatic rings. The molecule has 0 aliphatic rings. The Kier molecular flexibility index (Phi) is 6.26. The summed E-state index contributed by atoms with van der Waals surface area (Å²) in [6.07, 6.45) is 5.25. The largest absolute Gasteiger partial charge is 0.481 e. The standard InChI is InChI=1S/C12H22O2/c1-5-6-7-11(9(2)3)8-10(4)12(13)14/h8-10H,5-7H2,1-4H3,(H,13,14)/b11-8-. The van der Waals surface area contributed by atoms with Crippen LogP contribution in [0.2, 0.25) is 0 Å². The molecule has 0 radical (unpaired) electrons. The van der Waals surface area contributed by atoms with Gasteiger partial charge in [0, 0.05) is 0 Å². The smallest absolute Gasteiger partial charge is 0.310 e. The fourth-order valence-corrected chi connectivity index (χ4v) is 1.34. The SMILES string of the molecule is CCCC/C(=C/C(C)C(=O)O)C(C)C. The van der Waals surface area contributed by atoms with E-state index in [9.17, 15) is 4.79 Å². The van der Waals surface area contributed by atoms with Crippen molar-refractivity contribution in [2.75, 3.05) is 0 Å². The summed E-state index contributed by atoms with van der Waals surface area (Å²) in [7, 11) is 0. The molecule has 0 amide bonds. The Hall–Kier alpha value is -0.790. The van der Waals surface area contributed by atoms with E-state index in [4.69, 9.17) is 5.11 Å². The zero-order valence-electron chi connectivity index (χ0n) is 9.71. The molecule has 2 heteroatoms. The molecule has 0 saturated heterocycles. The van der Waals surface area contributed by atoms with E-state index < -0.39 is 5.97 Å². The molecule has 0 aromatic carbocycles. The Morgan fingerprint density at radius 2 is 1.93 bits per heavy atom. The monoisotopic (exact) mass is 198 g/mol. The molecule has 14 heavy (non-hydrogen) atoms. The van der Waals surface area contributed by atoms with Crippen molar-refractivity contribution in [1.82, 2.24) is 0 Å². The lowest BCUT2D eigenvalue weighted by molar-refractivity contribution is -0.139. The van der Waals surface area contributed by atoms with Gasteiger partial charge in [0.15, 0.2) is 0 Å². The minimum atomic E-state index is -0.736. The van der Waals surface area contributed by atoms with Crippen LogP contribution in [0.1, 0.15) is 47.0 Å². The fourth-order valence-electron chi connectivity index (χ4n) is 1.34. The molecule has 1 atom stereocenters. The topological polar surface area (TPSA) is 37.3 Å². The van der Waals surface area contributed by atoms with Gasteiger partial charge in [0.25, 0.3) is 0 Å². The lowest BCUT2D eigenvalue weighted by Gasteiger charge is -2.12. The van der Waals surface area contributed by atoms with E-state index in [-0.39, 0.29) is 5.92 Å². The van der Waals surface area contributed by atoms with Crippen molar-refractivity contribution in [3.8, 4) is 0 Å². The number of unbranched alkanes of at least 4 members (excludes halogenated alkanes) is 1. The molecule has 0 aliphatic carbocycles. The summed E-state index contributed by atoms with van der Waals surface area (Å²) in [4.78, 5) is 10.7. The van der Waals surface area contributed by atoms with Crippen molar-refractivity contribution >= 4 is 5.97 Å². The Labute approximate surface area is 87.0 Å². The maximum atomic E-state index is 10.7. The minimum absolute atomic E-state index is 0.357. The zero-order chi connectivity index (χ0) is 11.1. The first-order valence-electron chi connectivity index (χ1n) is 5.42. The van der Waals surface area contributed by atoms with E-state index in [0.717, 1.165) is 19.3 Å². The Bertz CT molecular complexity index is 204. The highest BCUT2D eigenvalue weighted by Crippen LogP contribution is 2.19. The predicted molar refractivity (Wildman–Crippen MR) is 59.2 cm³/mol. The van der Waals surface area contributed by atoms with Crippen LogP contribution in [-0.2, 0) is 4.79 Å². The third-order valence-electron chi connectivity index (χ3n) is 2.41. The van der Waals surface area contributed by atoms with Gasteiger partial charge >= 0.3 is 5.97 Å². The molecular weight excluding hydrogens is 176 g/mol. The molecule has 1 unspecified atom stereocenters. The number of hydrogen-bond acceptors (Lipinski definition) is 1. The fraction of sp³-hybridized carbons (Fsp3) is 0.750. The summed E-state index contributed by atoms with van der Waals surface area (Å²) >= 11 is 0. The van der Waals surface area contributed by atoms with Gasteiger partial charge in [0.05, 0.1) is 5.92 Å². The third kappa shape index (κ3) is 5.05. The van der Waals surface area contributed by atoms with Crippen LogP contribution in [0, 0.1) is 11.8 Å². The zero-order valence-corrected chi connectivity index (χ0v) is 9.71. The van der Waals surface area contributed by atoms with E-state index in [0.29, 0.717) is 5.92 Å². The second-order valence-corrected chi connectivity index (χ2v) is 4.13. The number of rotatable bonds is 6. The van der Waals surface area contributed by atoms with Gasteiger partial charge in [-0.15, -0.1) is 0 Å². The van der Waals surface area contributed by atoms with Gasteiger partial charge in [0.2, 0.25) is 0 Å². The Morgan fingerprint density at radius 1 is 1.36 bits per heavy atom. The van der Waals surface area contributed by atoms with E-state index in [2.05, 4.69) is 20.8 Å². The number of aliphatic carboxylic acids is 1. The van der Waals surface area contributed by atoms with Gasteiger partial charge in [-0.3, -0.25) is 4.79 Å². The number of carboxylic acids is 1. The second kappa shape index (κ2) is 6.63. The quantitative estimate of drug-likeness (QED) is 0.663. The first kappa shape index (κ1) is 13.2. The van der Waals surface area contributed by atoms with Crippen LogP contribution in [0.5, 0.6) is 0 Å². The van der Waals surface area contributed by atoms with E-state index in [1.807, 2.05) is 6.08 Å². The highest BCUT2D eigenvalue weighted by atomic mass is 16.4. The molecule has 0 fully saturated rings. The van der Waals surface area contributed by atoms with E-state index >= 15 is 0 Å². The number of carboxylic acid groups (broad SMARTS) is 1. The molecule has 0 saturated carbocycles. The molecule has 0 aliphatic heterocycles. The molecular formula is C12H22O2. The highest BCUT2D eigenvalue weighted by Gasteiger charge is 2.10. The molecule has 0 rings (SSSR count). The van der Waals surface area contributed by atoms with Crippen LogP contribution >= 0.6 is 0 Å². The van der Waals surface area contributed by atoms with Gasteiger partial charge < -0.3 is 5.11 Å². The van der Waals surface area contributed by atoms with Crippen molar-refractivity contribution in [1.29, 1.82) is 0 Å². The summed E-state index contributed by atoms with van der Waals surface area (Å²) in [5, 5.41) is 8.79. The van der Waals surface area contributed by atoms with Crippen LogP contribution in [0.25, 0.3) is 0 Å². The van der Waals surface area contributed by atoms with Gasteiger partial charge in [0.1, 0.15) is 0 Å².